The highest BCUT2D eigenvalue weighted by atomic mass is 19.4. The predicted octanol–water partition coefficient (Wildman–Crippen LogP) is 1.46. The van der Waals surface area contributed by atoms with Gasteiger partial charge in [-0.1, -0.05) is 12.1 Å². The first kappa shape index (κ1) is 14.3. The van der Waals surface area contributed by atoms with Crippen molar-refractivity contribution < 1.29 is 18.0 Å². The summed E-state index contributed by atoms with van der Waals surface area (Å²) in [6, 6.07) is 4.21. The fourth-order valence-electron chi connectivity index (χ4n) is 1.24. The van der Waals surface area contributed by atoms with Gasteiger partial charge >= 0.3 is 12.2 Å². The quantitative estimate of drug-likeness (QED) is 0.768. The van der Waals surface area contributed by atoms with Gasteiger partial charge in [-0.15, -0.1) is 0 Å². The lowest BCUT2D eigenvalue weighted by Crippen LogP contribution is -2.37. The maximum atomic E-state index is 12.3. The average molecular weight is 261 g/mol. The van der Waals surface area contributed by atoms with Crippen LogP contribution in [0.2, 0.25) is 0 Å². The van der Waals surface area contributed by atoms with Crippen molar-refractivity contribution >= 4 is 6.03 Å². The van der Waals surface area contributed by atoms with Gasteiger partial charge in [-0.3, -0.25) is 0 Å². The normalized spacial score (nSPS) is 11.1. The minimum atomic E-state index is -4.34. The molecule has 0 aliphatic heterocycles. The Labute approximate surface area is 102 Å². The van der Waals surface area contributed by atoms with Crippen molar-refractivity contribution in [2.24, 2.45) is 5.73 Å². The highest BCUT2D eigenvalue weighted by Gasteiger charge is 2.29. The Morgan fingerprint density at radius 2 is 1.78 bits per heavy atom. The number of alkyl halides is 3. The first-order valence-electron chi connectivity index (χ1n) is 5.31. The van der Waals surface area contributed by atoms with Crippen molar-refractivity contribution in [1.82, 2.24) is 10.6 Å². The smallest absolute Gasteiger partial charge is 0.337 e. The zero-order valence-electron chi connectivity index (χ0n) is 9.55. The molecule has 0 aliphatic carbocycles. The maximum Gasteiger partial charge on any atom is 0.416 e. The summed E-state index contributed by atoms with van der Waals surface area (Å²) in [6.45, 7) is 0.834. The van der Waals surface area contributed by atoms with E-state index in [1.807, 2.05) is 0 Å². The van der Waals surface area contributed by atoms with Crippen LogP contribution >= 0.6 is 0 Å². The van der Waals surface area contributed by atoms with Gasteiger partial charge in [-0.05, 0) is 17.7 Å². The van der Waals surface area contributed by atoms with Crippen LogP contribution in [0.15, 0.2) is 24.3 Å². The van der Waals surface area contributed by atoms with E-state index in [0.717, 1.165) is 12.1 Å². The first-order valence-corrected chi connectivity index (χ1v) is 5.31. The van der Waals surface area contributed by atoms with Crippen LogP contribution < -0.4 is 16.4 Å². The van der Waals surface area contributed by atoms with Crippen LogP contribution in [0, 0.1) is 0 Å². The molecule has 1 aromatic rings. The molecule has 0 bridgehead atoms. The van der Waals surface area contributed by atoms with Gasteiger partial charge in [-0.25, -0.2) is 4.79 Å². The number of urea groups is 1. The fraction of sp³-hybridized carbons (Fsp3) is 0.364. The minimum absolute atomic E-state index is 0.161. The molecule has 18 heavy (non-hydrogen) atoms. The van der Waals surface area contributed by atoms with Crippen LogP contribution in [0.1, 0.15) is 11.1 Å². The lowest BCUT2D eigenvalue weighted by Gasteiger charge is -2.09. The van der Waals surface area contributed by atoms with Gasteiger partial charge in [0.15, 0.2) is 0 Å². The first-order chi connectivity index (χ1) is 8.43. The molecule has 1 rings (SSSR count). The number of hydrogen-bond donors (Lipinski definition) is 3. The second-order valence-corrected chi connectivity index (χ2v) is 3.59. The molecule has 0 spiro atoms. The molecule has 0 unspecified atom stereocenters. The third-order valence-corrected chi connectivity index (χ3v) is 2.16. The third kappa shape index (κ3) is 4.62. The molecule has 100 valence electrons. The van der Waals surface area contributed by atoms with Gasteiger partial charge in [0.25, 0.3) is 0 Å². The Bertz CT molecular complexity index is 390. The molecule has 0 saturated carbocycles. The van der Waals surface area contributed by atoms with Crippen LogP contribution in [-0.4, -0.2) is 19.1 Å². The number of benzene rings is 1. The Balaban J connectivity index is 2.47. The van der Waals surface area contributed by atoms with E-state index in [9.17, 15) is 18.0 Å². The largest absolute Gasteiger partial charge is 0.416 e. The van der Waals surface area contributed by atoms with Gasteiger partial charge in [0, 0.05) is 19.6 Å². The standard InChI is InChI=1S/C11H14F3N3O/c12-11(13,14)9-3-1-8(2-4-9)7-17-10(18)16-6-5-15/h1-4H,5-7,15H2,(H2,16,17,18). The number of hydrogen-bond acceptors (Lipinski definition) is 2. The van der Waals surface area contributed by atoms with E-state index in [1.165, 1.54) is 12.1 Å². The number of rotatable bonds is 4. The molecular formula is C11H14F3N3O. The van der Waals surface area contributed by atoms with E-state index < -0.39 is 17.8 Å². The van der Waals surface area contributed by atoms with Gasteiger partial charge in [0.2, 0.25) is 0 Å². The summed E-state index contributed by atoms with van der Waals surface area (Å²) in [4.78, 5) is 11.1. The molecule has 0 heterocycles. The number of halogens is 3. The molecular weight excluding hydrogens is 247 g/mol. The summed E-state index contributed by atoms with van der Waals surface area (Å²) >= 11 is 0. The molecule has 0 aliphatic rings. The average Bonchev–Trinajstić information content (AvgIpc) is 2.33. The maximum absolute atomic E-state index is 12.3. The number of carbonyl (C=O) groups is 1. The van der Waals surface area contributed by atoms with Crippen molar-refractivity contribution in [1.29, 1.82) is 0 Å². The molecule has 0 aromatic heterocycles. The molecule has 0 radical (unpaired) electrons. The van der Waals surface area contributed by atoms with Crippen LogP contribution in [0.25, 0.3) is 0 Å². The zero-order valence-corrected chi connectivity index (χ0v) is 9.55. The molecule has 0 fully saturated rings. The molecule has 1 aromatic carbocycles. The molecule has 4 nitrogen and oxygen atoms in total. The van der Waals surface area contributed by atoms with Crippen molar-refractivity contribution in [3.05, 3.63) is 35.4 Å². The van der Waals surface area contributed by atoms with Crippen LogP contribution in [0.4, 0.5) is 18.0 Å². The van der Waals surface area contributed by atoms with E-state index in [2.05, 4.69) is 10.6 Å². The number of amides is 2. The summed E-state index contributed by atoms with van der Waals surface area (Å²) in [6.07, 6.45) is -4.34. The summed E-state index contributed by atoms with van der Waals surface area (Å²) in [5, 5.41) is 4.99. The lowest BCUT2D eigenvalue weighted by atomic mass is 10.1. The van der Waals surface area contributed by atoms with Crippen molar-refractivity contribution in [3.8, 4) is 0 Å². The van der Waals surface area contributed by atoms with Gasteiger partial charge < -0.3 is 16.4 Å². The van der Waals surface area contributed by atoms with Crippen LogP contribution in [0.5, 0.6) is 0 Å². The Kier molecular flexibility index (Phi) is 4.96. The third-order valence-electron chi connectivity index (χ3n) is 2.16. The SMILES string of the molecule is NCCNC(=O)NCc1ccc(C(F)(F)F)cc1. The highest BCUT2D eigenvalue weighted by Crippen LogP contribution is 2.28. The molecule has 0 atom stereocenters. The second-order valence-electron chi connectivity index (χ2n) is 3.59. The van der Waals surface area contributed by atoms with Gasteiger partial charge in [-0.2, -0.15) is 13.2 Å². The van der Waals surface area contributed by atoms with Gasteiger partial charge in [0.05, 0.1) is 5.56 Å². The van der Waals surface area contributed by atoms with Crippen molar-refractivity contribution in [2.45, 2.75) is 12.7 Å². The minimum Gasteiger partial charge on any atom is -0.337 e. The fourth-order valence-corrected chi connectivity index (χ4v) is 1.24. The second kappa shape index (κ2) is 6.25. The van der Waals surface area contributed by atoms with E-state index in [4.69, 9.17) is 5.73 Å². The van der Waals surface area contributed by atoms with Gasteiger partial charge in [0.1, 0.15) is 0 Å². The summed E-state index contributed by atoms with van der Waals surface area (Å²) in [7, 11) is 0. The summed E-state index contributed by atoms with van der Waals surface area (Å²) < 4.78 is 36.8. The predicted molar refractivity (Wildman–Crippen MR) is 60.7 cm³/mol. The molecule has 7 heteroatoms. The Morgan fingerprint density at radius 1 is 1.17 bits per heavy atom. The van der Waals surface area contributed by atoms with Crippen LogP contribution in [-0.2, 0) is 12.7 Å². The van der Waals surface area contributed by atoms with Crippen molar-refractivity contribution in [2.75, 3.05) is 13.1 Å². The zero-order chi connectivity index (χ0) is 13.6. The number of carbonyl (C=O) groups excluding carboxylic acids is 1. The monoisotopic (exact) mass is 261 g/mol. The number of nitrogens with two attached hydrogens (primary N) is 1. The highest BCUT2D eigenvalue weighted by molar-refractivity contribution is 5.73. The lowest BCUT2D eigenvalue weighted by molar-refractivity contribution is -0.137. The van der Waals surface area contributed by atoms with Crippen LogP contribution in [0.3, 0.4) is 0 Å². The van der Waals surface area contributed by atoms with E-state index in [-0.39, 0.29) is 6.54 Å². The molecule has 0 saturated heterocycles. The summed E-state index contributed by atoms with van der Waals surface area (Å²) in [5.41, 5.74) is 5.07. The van der Waals surface area contributed by atoms with Crippen molar-refractivity contribution in [3.63, 3.8) is 0 Å². The Morgan fingerprint density at radius 3 is 2.28 bits per heavy atom. The van der Waals surface area contributed by atoms with E-state index in [1.54, 1.807) is 0 Å². The van der Waals surface area contributed by atoms with E-state index in [0.29, 0.717) is 18.7 Å². The molecule has 4 N–H and O–H groups in total. The number of nitrogens with one attached hydrogen (secondary N) is 2. The topological polar surface area (TPSA) is 67.1 Å². The molecule has 2 amide bonds. The summed E-state index contributed by atoms with van der Waals surface area (Å²) in [5.74, 6) is 0. The van der Waals surface area contributed by atoms with E-state index >= 15 is 0 Å². The Hall–Kier alpha value is -1.76.